The van der Waals surface area contributed by atoms with Crippen molar-refractivity contribution in [3.8, 4) is 5.75 Å². The molecule has 1 saturated heterocycles. The standard InChI is InChI=1S/C24H25FN4O2/c1-17-15-23(27-18(2)26-17)28-11-13-29(14-12-28)24(30)21-5-3-4-6-22(21)31-16-19-7-9-20(25)10-8-19/h3-10,15H,11-14,16H2,1-2H3. The molecule has 1 aromatic heterocycles. The SMILES string of the molecule is Cc1cc(N2CCN(C(=O)c3ccccc3OCc3ccc(F)cc3)CC2)nc(C)n1. The van der Waals surface area contributed by atoms with E-state index in [0.717, 1.165) is 22.9 Å². The predicted octanol–water partition coefficient (Wildman–Crippen LogP) is 3.77. The number of aromatic nitrogens is 2. The van der Waals surface area contributed by atoms with Gasteiger partial charge in [-0.05, 0) is 43.7 Å². The van der Waals surface area contributed by atoms with Crippen molar-refractivity contribution in [2.24, 2.45) is 0 Å². The maximum Gasteiger partial charge on any atom is 0.257 e. The number of rotatable bonds is 5. The highest BCUT2D eigenvalue weighted by atomic mass is 19.1. The van der Waals surface area contributed by atoms with E-state index < -0.39 is 0 Å². The molecule has 0 radical (unpaired) electrons. The Kier molecular flexibility index (Phi) is 6.11. The van der Waals surface area contributed by atoms with E-state index in [9.17, 15) is 9.18 Å². The Balaban J connectivity index is 1.41. The van der Waals surface area contributed by atoms with Crippen LogP contribution in [0, 0.1) is 19.7 Å². The van der Waals surface area contributed by atoms with Crippen molar-refractivity contribution in [2.45, 2.75) is 20.5 Å². The molecule has 0 unspecified atom stereocenters. The largest absolute Gasteiger partial charge is 0.488 e. The number of aryl methyl sites for hydroxylation is 2. The van der Waals surface area contributed by atoms with Gasteiger partial charge in [0.25, 0.3) is 5.91 Å². The maximum absolute atomic E-state index is 13.2. The number of hydrogen-bond acceptors (Lipinski definition) is 5. The van der Waals surface area contributed by atoms with Crippen LogP contribution in [0.2, 0.25) is 0 Å². The Morgan fingerprint density at radius 2 is 1.71 bits per heavy atom. The Bertz CT molecular complexity index is 1040. The summed E-state index contributed by atoms with van der Waals surface area (Å²) in [5, 5.41) is 0. The van der Waals surface area contributed by atoms with Crippen LogP contribution in [0.4, 0.5) is 10.2 Å². The van der Waals surface area contributed by atoms with Gasteiger partial charge in [-0.15, -0.1) is 0 Å². The van der Waals surface area contributed by atoms with Gasteiger partial charge in [-0.3, -0.25) is 4.79 Å². The summed E-state index contributed by atoms with van der Waals surface area (Å²) in [6.07, 6.45) is 0. The van der Waals surface area contributed by atoms with Crippen molar-refractivity contribution in [3.63, 3.8) is 0 Å². The Hall–Kier alpha value is -3.48. The molecule has 1 aliphatic heterocycles. The highest BCUT2D eigenvalue weighted by molar-refractivity contribution is 5.97. The molecular weight excluding hydrogens is 395 g/mol. The molecule has 1 aliphatic rings. The minimum absolute atomic E-state index is 0.0515. The fraction of sp³-hybridized carbons (Fsp3) is 0.292. The quantitative estimate of drug-likeness (QED) is 0.629. The minimum Gasteiger partial charge on any atom is -0.488 e. The number of carbonyl (C=O) groups is 1. The van der Waals surface area contributed by atoms with Gasteiger partial charge in [0.1, 0.15) is 29.8 Å². The lowest BCUT2D eigenvalue weighted by Gasteiger charge is -2.35. The maximum atomic E-state index is 13.2. The lowest BCUT2D eigenvalue weighted by Crippen LogP contribution is -2.49. The molecule has 0 spiro atoms. The first-order valence-electron chi connectivity index (χ1n) is 10.3. The zero-order valence-electron chi connectivity index (χ0n) is 17.7. The summed E-state index contributed by atoms with van der Waals surface area (Å²) in [6, 6.07) is 15.4. The highest BCUT2D eigenvalue weighted by Crippen LogP contribution is 2.23. The minimum atomic E-state index is -0.286. The van der Waals surface area contributed by atoms with E-state index in [-0.39, 0.29) is 18.3 Å². The van der Waals surface area contributed by atoms with Crippen LogP contribution in [-0.4, -0.2) is 47.0 Å². The second-order valence-corrected chi connectivity index (χ2v) is 7.61. The number of hydrogen-bond donors (Lipinski definition) is 0. The van der Waals surface area contributed by atoms with Crippen LogP contribution >= 0.6 is 0 Å². The summed E-state index contributed by atoms with van der Waals surface area (Å²) < 4.78 is 19.0. The highest BCUT2D eigenvalue weighted by Gasteiger charge is 2.25. The first-order valence-corrected chi connectivity index (χ1v) is 10.3. The molecule has 4 rings (SSSR count). The van der Waals surface area contributed by atoms with Crippen molar-refractivity contribution in [1.82, 2.24) is 14.9 Å². The van der Waals surface area contributed by atoms with Gasteiger partial charge in [-0.1, -0.05) is 24.3 Å². The Morgan fingerprint density at radius 3 is 2.42 bits per heavy atom. The third kappa shape index (κ3) is 4.99. The molecule has 2 aromatic carbocycles. The van der Waals surface area contributed by atoms with E-state index in [1.54, 1.807) is 24.3 Å². The third-order valence-corrected chi connectivity index (χ3v) is 5.27. The molecule has 7 heteroatoms. The lowest BCUT2D eigenvalue weighted by molar-refractivity contribution is 0.0741. The summed E-state index contributed by atoms with van der Waals surface area (Å²) in [5.74, 6) is 1.84. The number of amides is 1. The first-order chi connectivity index (χ1) is 15.0. The summed E-state index contributed by atoms with van der Waals surface area (Å²) in [7, 11) is 0. The Morgan fingerprint density at radius 1 is 1.00 bits per heavy atom. The van der Waals surface area contributed by atoms with Crippen molar-refractivity contribution in [2.75, 3.05) is 31.1 Å². The van der Waals surface area contributed by atoms with Crippen LogP contribution in [0.15, 0.2) is 54.6 Å². The average molecular weight is 420 g/mol. The second kappa shape index (κ2) is 9.12. The average Bonchev–Trinajstić information content (AvgIpc) is 2.78. The van der Waals surface area contributed by atoms with Crippen LogP contribution in [0.1, 0.15) is 27.4 Å². The van der Waals surface area contributed by atoms with Crippen LogP contribution in [0.5, 0.6) is 5.75 Å². The van der Waals surface area contributed by atoms with Crippen LogP contribution in [-0.2, 0) is 6.61 Å². The van der Waals surface area contributed by atoms with Gasteiger partial charge >= 0.3 is 0 Å². The third-order valence-electron chi connectivity index (χ3n) is 5.27. The zero-order valence-corrected chi connectivity index (χ0v) is 17.7. The number of anilines is 1. The van der Waals surface area contributed by atoms with Gasteiger partial charge < -0.3 is 14.5 Å². The summed E-state index contributed by atoms with van der Waals surface area (Å²) in [5.41, 5.74) is 2.31. The predicted molar refractivity (Wildman–Crippen MR) is 117 cm³/mol. The van der Waals surface area contributed by atoms with Gasteiger partial charge in [0.2, 0.25) is 0 Å². The van der Waals surface area contributed by atoms with E-state index in [4.69, 9.17) is 4.74 Å². The van der Waals surface area contributed by atoms with Crippen molar-refractivity contribution >= 4 is 11.7 Å². The molecular formula is C24H25FN4O2. The van der Waals surface area contributed by atoms with Crippen LogP contribution in [0.3, 0.4) is 0 Å². The second-order valence-electron chi connectivity index (χ2n) is 7.61. The number of ether oxygens (including phenoxy) is 1. The molecule has 0 aliphatic carbocycles. The fourth-order valence-corrected chi connectivity index (χ4v) is 3.68. The molecule has 31 heavy (non-hydrogen) atoms. The van der Waals surface area contributed by atoms with E-state index >= 15 is 0 Å². The number of halogens is 1. The van der Waals surface area contributed by atoms with Gasteiger partial charge in [0, 0.05) is 37.9 Å². The summed E-state index contributed by atoms with van der Waals surface area (Å²) >= 11 is 0. The number of carbonyl (C=O) groups excluding carboxylic acids is 1. The number of benzene rings is 2. The zero-order chi connectivity index (χ0) is 21.8. The van der Waals surface area contributed by atoms with E-state index in [1.807, 2.05) is 36.9 Å². The molecule has 1 fully saturated rings. The van der Waals surface area contributed by atoms with Gasteiger partial charge in [0.15, 0.2) is 0 Å². The van der Waals surface area contributed by atoms with Crippen LogP contribution < -0.4 is 9.64 Å². The number of para-hydroxylation sites is 1. The molecule has 6 nitrogen and oxygen atoms in total. The van der Waals surface area contributed by atoms with Crippen molar-refractivity contribution in [3.05, 3.63) is 83.1 Å². The topological polar surface area (TPSA) is 58.6 Å². The normalized spacial score (nSPS) is 13.9. The van der Waals surface area contributed by atoms with Crippen molar-refractivity contribution < 1.29 is 13.9 Å². The molecule has 0 atom stereocenters. The van der Waals surface area contributed by atoms with E-state index in [2.05, 4.69) is 14.9 Å². The smallest absolute Gasteiger partial charge is 0.257 e. The summed E-state index contributed by atoms with van der Waals surface area (Å²) in [6.45, 7) is 6.74. The monoisotopic (exact) mass is 420 g/mol. The Labute approximate surface area is 181 Å². The molecule has 0 saturated carbocycles. The van der Waals surface area contributed by atoms with Gasteiger partial charge in [-0.25, -0.2) is 14.4 Å². The first kappa shape index (κ1) is 20.8. The molecule has 0 N–H and O–H groups in total. The van der Waals surface area contributed by atoms with Crippen LogP contribution in [0.25, 0.3) is 0 Å². The molecule has 160 valence electrons. The number of nitrogens with zero attached hydrogens (tertiary/aromatic N) is 4. The van der Waals surface area contributed by atoms with Gasteiger partial charge in [-0.2, -0.15) is 0 Å². The molecule has 2 heterocycles. The van der Waals surface area contributed by atoms with E-state index in [0.29, 0.717) is 37.5 Å². The number of piperazine rings is 1. The molecule has 1 amide bonds. The molecule has 3 aromatic rings. The van der Waals surface area contributed by atoms with E-state index in [1.165, 1.54) is 12.1 Å². The molecule has 0 bridgehead atoms. The summed E-state index contributed by atoms with van der Waals surface area (Å²) in [4.78, 5) is 26.1. The van der Waals surface area contributed by atoms with Gasteiger partial charge in [0.05, 0.1) is 5.56 Å². The fourth-order valence-electron chi connectivity index (χ4n) is 3.68. The van der Waals surface area contributed by atoms with Crippen molar-refractivity contribution in [1.29, 1.82) is 0 Å². The lowest BCUT2D eigenvalue weighted by atomic mass is 10.1.